The minimum atomic E-state index is -1.10. The lowest BCUT2D eigenvalue weighted by atomic mass is 9.78. The Labute approximate surface area is 125 Å². The van der Waals surface area contributed by atoms with E-state index in [1.165, 1.54) is 0 Å². The van der Waals surface area contributed by atoms with E-state index in [1.54, 1.807) is 33.5 Å². The largest absolute Gasteiger partial charge is 0.501 e. The van der Waals surface area contributed by atoms with E-state index in [2.05, 4.69) is 6.58 Å². The summed E-state index contributed by atoms with van der Waals surface area (Å²) in [5, 5.41) is 10.9. The van der Waals surface area contributed by atoms with Crippen LogP contribution < -0.4 is 9.47 Å². The first kappa shape index (κ1) is 15.4. The smallest absolute Gasteiger partial charge is 0.123 e. The van der Waals surface area contributed by atoms with Crippen LogP contribution in [-0.4, -0.2) is 32.0 Å². The Morgan fingerprint density at radius 3 is 2.19 bits per heavy atom. The zero-order valence-electron chi connectivity index (χ0n) is 12.8. The summed E-state index contributed by atoms with van der Waals surface area (Å²) in [6.45, 7) is 3.78. The molecule has 2 rings (SSSR count). The van der Waals surface area contributed by atoms with Gasteiger partial charge in [0.15, 0.2) is 0 Å². The van der Waals surface area contributed by atoms with Gasteiger partial charge < -0.3 is 19.3 Å². The van der Waals surface area contributed by atoms with Gasteiger partial charge in [-0.25, -0.2) is 0 Å². The Morgan fingerprint density at radius 1 is 1.10 bits per heavy atom. The van der Waals surface area contributed by atoms with Crippen LogP contribution in [0.15, 0.2) is 36.6 Å². The Morgan fingerprint density at radius 2 is 1.71 bits per heavy atom. The molecule has 114 valence electrons. The van der Waals surface area contributed by atoms with Gasteiger partial charge in [0.1, 0.15) is 22.9 Å². The van der Waals surface area contributed by atoms with Crippen molar-refractivity contribution in [3.05, 3.63) is 42.2 Å². The first-order valence-corrected chi connectivity index (χ1v) is 6.95. The Kier molecular flexibility index (Phi) is 4.58. The van der Waals surface area contributed by atoms with Crippen molar-refractivity contribution in [3.63, 3.8) is 0 Å². The topological polar surface area (TPSA) is 47.9 Å². The van der Waals surface area contributed by atoms with Crippen LogP contribution in [0.3, 0.4) is 0 Å². The van der Waals surface area contributed by atoms with Crippen molar-refractivity contribution in [2.75, 3.05) is 21.3 Å². The van der Waals surface area contributed by atoms with Crippen molar-refractivity contribution < 1.29 is 19.3 Å². The number of allylic oxidation sites excluding steroid dienone is 1. The van der Waals surface area contributed by atoms with E-state index in [0.717, 1.165) is 29.7 Å². The molecule has 1 unspecified atom stereocenters. The number of hydrogen-bond acceptors (Lipinski definition) is 4. The molecule has 1 N–H and O–H groups in total. The molecule has 0 heterocycles. The molecular weight excluding hydrogens is 268 g/mol. The molecule has 0 aliphatic heterocycles. The van der Waals surface area contributed by atoms with Gasteiger partial charge in [-0.3, -0.25) is 0 Å². The lowest BCUT2D eigenvalue weighted by Crippen LogP contribution is -2.31. The maximum Gasteiger partial charge on any atom is 0.123 e. The highest BCUT2D eigenvalue weighted by molar-refractivity contribution is 5.78. The zero-order chi connectivity index (χ0) is 15.5. The SMILES string of the molecule is C=CC1(O)CCCC(OC)=C1c1cc(OC)cc(OC)c1. The predicted octanol–water partition coefficient (Wildman–Crippen LogP) is 3.16. The molecule has 0 radical (unpaired) electrons. The maximum absolute atomic E-state index is 10.9. The third kappa shape index (κ3) is 2.90. The van der Waals surface area contributed by atoms with Gasteiger partial charge in [-0.05, 0) is 30.5 Å². The third-order valence-electron chi connectivity index (χ3n) is 3.90. The van der Waals surface area contributed by atoms with Gasteiger partial charge >= 0.3 is 0 Å². The molecule has 0 spiro atoms. The predicted molar refractivity (Wildman–Crippen MR) is 82.5 cm³/mol. The van der Waals surface area contributed by atoms with Crippen LogP contribution in [0.25, 0.3) is 5.57 Å². The molecule has 0 aromatic heterocycles. The summed E-state index contributed by atoms with van der Waals surface area (Å²) in [6.07, 6.45) is 3.85. The molecule has 0 fully saturated rings. The summed E-state index contributed by atoms with van der Waals surface area (Å²) in [7, 11) is 4.83. The fourth-order valence-corrected chi connectivity index (χ4v) is 2.78. The summed E-state index contributed by atoms with van der Waals surface area (Å²) in [4.78, 5) is 0. The molecule has 0 bridgehead atoms. The molecule has 1 aliphatic carbocycles. The molecule has 1 aliphatic rings. The lowest BCUT2D eigenvalue weighted by Gasteiger charge is -2.34. The minimum absolute atomic E-state index is 0.623. The van der Waals surface area contributed by atoms with Gasteiger partial charge in [-0.2, -0.15) is 0 Å². The molecule has 1 aromatic rings. The second kappa shape index (κ2) is 6.22. The second-order valence-electron chi connectivity index (χ2n) is 5.09. The van der Waals surface area contributed by atoms with E-state index in [-0.39, 0.29) is 0 Å². The number of benzene rings is 1. The first-order chi connectivity index (χ1) is 10.1. The monoisotopic (exact) mass is 290 g/mol. The Balaban J connectivity index is 2.64. The number of rotatable bonds is 5. The van der Waals surface area contributed by atoms with Crippen molar-refractivity contribution in [3.8, 4) is 11.5 Å². The number of ether oxygens (including phenoxy) is 3. The van der Waals surface area contributed by atoms with Crippen LogP contribution in [0.5, 0.6) is 11.5 Å². The molecule has 0 saturated carbocycles. The molecule has 0 saturated heterocycles. The van der Waals surface area contributed by atoms with Gasteiger partial charge in [0.05, 0.1) is 21.3 Å². The Bertz CT molecular complexity index is 540. The van der Waals surface area contributed by atoms with Gasteiger partial charge in [0, 0.05) is 18.1 Å². The average molecular weight is 290 g/mol. The van der Waals surface area contributed by atoms with Crippen LogP contribution in [0.1, 0.15) is 24.8 Å². The molecule has 4 heteroatoms. The fraction of sp³-hybridized carbons (Fsp3) is 0.412. The quantitative estimate of drug-likeness (QED) is 0.846. The van der Waals surface area contributed by atoms with Gasteiger partial charge in [0.2, 0.25) is 0 Å². The molecule has 0 amide bonds. The fourth-order valence-electron chi connectivity index (χ4n) is 2.78. The molecular formula is C17H22O4. The maximum atomic E-state index is 10.9. The second-order valence-corrected chi connectivity index (χ2v) is 5.09. The van der Waals surface area contributed by atoms with Crippen LogP contribution in [-0.2, 0) is 4.74 Å². The highest BCUT2D eigenvalue weighted by Crippen LogP contribution is 2.42. The molecule has 1 aromatic carbocycles. The van der Waals surface area contributed by atoms with Crippen molar-refractivity contribution in [1.29, 1.82) is 0 Å². The molecule has 4 nitrogen and oxygen atoms in total. The van der Waals surface area contributed by atoms with Crippen LogP contribution in [0, 0.1) is 0 Å². The summed E-state index contributed by atoms with van der Waals surface area (Å²) in [6, 6.07) is 5.54. The van der Waals surface area contributed by atoms with E-state index >= 15 is 0 Å². The van der Waals surface area contributed by atoms with E-state index in [9.17, 15) is 5.11 Å². The number of methoxy groups -OCH3 is 3. The van der Waals surface area contributed by atoms with Crippen molar-refractivity contribution in [2.24, 2.45) is 0 Å². The lowest BCUT2D eigenvalue weighted by molar-refractivity contribution is 0.121. The van der Waals surface area contributed by atoms with E-state index in [0.29, 0.717) is 17.9 Å². The van der Waals surface area contributed by atoms with Crippen LogP contribution in [0.4, 0.5) is 0 Å². The Hall–Kier alpha value is -1.94. The van der Waals surface area contributed by atoms with Gasteiger partial charge in [-0.1, -0.05) is 12.7 Å². The normalized spacial score (nSPS) is 21.9. The van der Waals surface area contributed by atoms with E-state index in [4.69, 9.17) is 14.2 Å². The summed E-state index contributed by atoms with van der Waals surface area (Å²) >= 11 is 0. The highest BCUT2D eigenvalue weighted by atomic mass is 16.5. The number of aliphatic hydroxyl groups is 1. The van der Waals surface area contributed by atoms with Gasteiger partial charge in [0.25, 0.3) is 0 Å². The van der Waals surface area contributed by atoms with Gasteiger partial charge in [-0.15, -0.1) is 0 Å². The average Bonchev–Trinajstić information content (AvgIpc) is 2.53. The minimum Gasteiger partial charge on any atom is -0.501 e. The molecule has 21 heavy (non-hydrogen) atoms. The van der Waals surface area contributed by atoms with Crippen molar-refractivity contribution in [2.45, 2.75) is 24.9 Å². The highest BCUT2D eigenvalue weighted by Gasteiger charge is 2.36. The van der Waals surface area contributed by atoms with Crippen molar-refractivity contribution >= 4 is 5.57 Å². The van der Waals surface area contributed by atoms with E-state index in [1.807, 2.05) is 12.1 Å². The molecule has 1 atom stereocenters. The number of hydrogen-bond donors (Lipinski definition) is 1. The van der Waals surface area contributed by atoms with E-state index < -0.39 is 5.60 Å². The summed E-state index contributed by atoms with van der Waals surface area (Å²) in [5.74, 6) is 2.12. The standard InChI is InChI=1S/C17H22O4/c1-5-17(18)8-6-7-15(21-4)16(17)12-9-13(19-2)11-14(10-12)20-3/h5,9-11,18H,1,6-8H2,2-4H3. The summed E-state index contributed by atoms with van der Waals surface area (Å²) in [5.41, 5.74) is 0.467. The van der Waals surface area contributed by atoms with Crippen molar-refractivity contribution in [1.82, 2.24) is 0 Å². The first-order valence-electron chi connectivity index (χ1n) is 6.95. The summed E-state index contributed by atoms with van der Waals surface area (Å²) < 4.78 is 16.1. The van der Waals surface area contributed by atoms with Crippen LogP contribution in [0.2, 0.25) is 0 Å². The van der Waals surface area contributed by atoms with Crippen LogP contribution >= 0.6 is 0 Å². The zero-order valence-corrected chi connectivity index (χ0v) is 12.8. The third-order valence-corrected chi connectivity index (χ3v) is 3.90.